The van der Waals surface area contributed by atoms with Gasteiger partial charge in [-0.05, 0) is 31.4 Å². The number of Topliss-reactive ketones (excluding diaryl/α,β-unsaturated/α-hetero) is 1. The van der Waals surface area contributed by atoms with E-state index in [1.54, 1.807) is 12.5 Å². The smallest absolute Gasteiger partial charge is 0.182 e. The Balaban J connectivity index is 1.81. The van der Waals surface area contributed by atoms with Crippen LogP contribution < -0.4 is 0 Å². The first-order valence-electron chi connectivity index (χ1n) is 5.53. The van der Waals surface area contributed by atoms with Gasteiger partial charge in [-0.1, -0.05) is 0 Å². The van der Waals surface area contributed by atoms with Crippen LogP contribution in [0.3, 0.4) is 0 Å². The van der Waals surface area contributed by atoms with E-state index in [1.165, 1.54) is 0 Å². The lowest BCUT2D eigenvalue weighted by atomic mass is 9.86. The van der Waals surface area contributed by atoms with Gasteiger partial charge in [0.25, 0.3) is 0 Å². The van der Waals surface area contributed by atoms with Crippen molar-refractivity contribution in [3.8, 4) is 0 Å². The average molecular weight is 215 g/mol. The highest BCUT2D eigenvalue weighted by Crippen LogP contribution is 2.25. The van der Waals surface area contributed by atoms with E-state index in [0.717, 1.165) is 30.7 Å². The lowest BCUT2D eigenvalue weighted by Gasteiger charge is -2.19. The molecule has 0 bridgehead atoms. The number of aromatic amines is 2. The number of nitrogens with one attached hydrogen (secondary N) is 2. The van der Waals surface area contributed by atoms with Crippen LogP contribution in [-0.4, -0.2) is 20.7 Å². The normalized spacial score (nSPS) is 19.4. The van der Waals surface area contributed by atoms with Gasteiger partial charge in [0.1, 0.15) is 0 Å². The molecule has 4 nitrogen and oxygen atoms in total. The van der Waals surface area contributed by atoms with Gasteiger partial charge in [0.15, 0.2) is 5.78 Å². The van der Waals surface area contributed by atoms with Crippen molar-refractivity contribution in [2.24, 2.45) is 5.92 Å². The van der Waals surface area contributed by atoms with Crippen LogP contribution in [0.5, 0.6) is 0 Å². The molecule has 0 fully saturated rings. The van der Waals surface area contributed by atoms with Gasteiger partial charge in [-0.15, -0.1) is 0 Å². The molecule has 1 aliphatic carbocycles. The van der Waals surface area contributed by atoms with Crippen molar-refractivity contribution in [1.29, 1.82) is 0 Å². The second kappa shape index (κ2) is 3.63. The van der Waals surface area contributed by atoms with Gasteiger partial charge in [-0.2, -0.15) is 0 Å². The van der Waals surface area contributed by atoms with Crippen molar-refractivity contribution in [2.75, 3.05) is 0 Å². The summed E-state index contributed by atoms with van der Waals surface area (Å²) < 4.78 is 0. The maximum absolute atomic E-state index is 12.1. The number of aromatic nitrogens is 3. The van der Waals surface area contributed by atoms with Crippen LogP contribution in [0.25, 0.3) is 0 Å². The molecule has 0 saturated carbocycles. The molecule has 2 N–H and O–H groups in total. The maximum Gasteiger partial charge on any atom is 0.182 e. The molecule has 4 heteroatoms. The summed E-state index contributed by atoms with van der Waals surface area (Å²) in [6.45, 7) is 0. The summed E-state index contributed by atoms with van der Waals surface area (Å²) in [5, 5.41) is 0. The van der Waals surface area contributed by atoms with E-state index in [0.29, 0.717) is 5.69 Å². The molecule has 0 saturated heterocycles. The summed E-state index contributed by atoms with van der Waals surface area (Å²) in [5.74, 6) is 0.303. The molecule has 3 rings (SSSR count). The molecule has 0 radical (unpaired) electrons. The third kappa shape index (κ3) is 1.46. The second-order valence-electron chi connectivity index (χ2n) is 4.22. The molecule has 82 valence electrons. The number of hydrogen-bond acceptors (Lipinski definition) is 2. The number of ketones is 1. The molecule has 2 heterocycles. The number of hydrogen-bond donors (Lipinski definition) is 2. The lowest BCUT2D eigenvalue weighted by Crippen LogP contribution is -2.23. The monoisotopic (exact) mass is 215 g/mol. The Kier molecular flexibility index (Phi) is 2.13. The van der Waals surface area contributed by atoms with Crippen molar-refractivity contribution >= 4 is 5.78 Å². The number of fused-ring (bicyclic) bond motifs is 1. The first kappa shape index (κ1) is 9.39. The molecule has 1 atom stereocenters. The van der Waals surface area contributed by atoms with Crippen LogP contribution in [0, 0.1) is 5.92 Å². The average Bonchev–Trinajstić information content (AvgIpc) is 2.98. The Bertz CT molecular complexity index is 498. The third-order valence-electron chi connectivity index (χ3n) is 3.22. The number of carbonyl (C=O) groups is 1. The molecule has 16 heavy (non-hydrogen) atoms. The van der Waals surface area contributed by atoms with Crippen molar-refractivity contribution in [3.05, 3.63) is 41.7 Å². The molecule has 0 aromatic carbocycles. The number of carbonyl (C=O) groups excluding carboxylic acids is 1. The first-order chi connectivity index (χ1) is 7.84. The van der Waals surface area contributed by atoms with E-state index in [1.807, 2.05) is 12.1 Å². The van der Waals surface area contributed by atoms with E-state index < -0.39 is 0 Å². The highest BCUT2D eigenvalue weighted by molar-refractivity contribution is 5.96. The highest BCUT2D eigenvalue weighted by atomic mass is 16.1. The van der Waals surface area contributed by atoms with Crippen LogP contribution in [0.1, 0.15) is 28.3 Å². The summed E-state index contributed by atoms with van der Waals surface area (Å²) in [6.07, 6.45) is 6.09. The molecule has 2 aromatic heterocycles. The molecule has 0 spiro atoms. The minimum Gasteiger partial charge on any atom is -0.359 e. The Morgan fingerprint density at radius 2 is 2.38 bits per heavy atom. The lowest BCUT2D eigenvalue weighted by molar-refractivity contribution is 0.0903. The summed E-state index contributed by atoms with van der Waals surface area (Å²) >= 11 is 0. The zero-order chi connectivity index (χ0) is 11.0. The van der Waals surface area contributed by atoms with Crippen molar-refractivity contribution in [1.82, 2.24) is 15.0 Å². The van der Waals surface area contributed by atoms with Crippen LogP contribution in [-0.2, 0) is 12.8 Å². The number of aryl methyl sites for hydroxylation is 1. The summed E-state index contributed by atoms with van der Waals surface area (Å²) in [7, 11) is 0. The molecule has 1 unspecified atom stereocenters. The predicted octanol–water partition coefficient (Wildman–Crippen LogP) is 1.73. The zero-order valence-electron chi connectivity index (χ0n) is 8.86. The SMILES string of the molecule is O=C(c1ccc[nH]1)C1CCc2nc[nH]c2C1. The summed E-state index contributed by atoms with van der Waals surface area (Å²) in [6, 6.07) is 3.70. The van der Waals surface area contributed by atoms with Gasteiger partial charge in [0.2, 0.25) is 0 Å². The predicted molar refractivity (Wildman–Crippen MR) is 59.2 cm³/mol. The van der Waals surface area contributed by atoms with Gasteiger partial charge in [0, 0.05) is 17.8 Å². The fourth-order valence-corrected chi connectivity index (χ4v) is 2.33. The van der Waals surface area contributed by atoms with Crippen LogP contribution in [0.2, 0.25) is 0 Å². The van der Waals surface area contributed by atoms with Gasteiger partial charge >= 0.3 is 0 Å². The van der Waals surface area contributed by atoms with Gasteiger partial charge < -0.3 is 9.97 Å². The number of nitrogens with zero attached hydrogens (tertiary/aromatic N) is 1. The molecule has 1 aliphatic rings. The van der Waals surface area contributed by atoms with Crippen LogP contribution in [0.15, 0.2) is 24.7 Å². The van der Waals surface area contributed by atoms with E-state index >= 15 is 0 Å². The second-order valence-corrected chi connectivity index (χ2v) is 4.22. The first-order valence-corrected chi connectivity index (χ1v) is 5.53. The largest absolute Gasteiger partial charge is 0.359 e. The van der Waals surface area contributed by atoms with E-state index in [9.17, 15) is 4.79 Å². The van der Waals surface area contributed by atoms with Crippen LogP contribution in [0.4, 0.5) is 0 Å². The minimum atomic E-state index is 0.0894. The summed E-state index contributed by atoms with van der Waals surface area (Å²) in [5.41, 5.74) is 2.96. The fourth-order valence-electron chi connectivity index (χ4n) is 2.33. The molecule has 0 amide bonds. The van der Waals surface area contributed by atoms with Gasteiger partial charge in [-0.25, -0.2) is 4.98 Å². The molecular formula is C12H13N3O. The topological polar surface area (TPSA) is 61.5 Å². The molecule has 2 aromatic rings. The maximum atomic E-state index is 12.1. The highest BCUT2D eigenvalue weighted by Gasteiger charge is 2.27. The van der Waals surface area contributed by atoms with E-state index in [4.69, 9.17) is 0 Å². The number of imidazole rings is 1. The number of rotatable bonds is 2. The minimum absolute atomic E-state index is 0.0894. The van der Waals surface area contributed by atoms with Gasteiger partial charge in [-0.3, -0.25) is 4.79 Å². The Labute approximate surface area is 93.1 Å². The van der Waals surface area contributed by atoms with Crippen molar-refractivity contribution in [2.45, 2.75) is 19.3 Å². The standard InChI is InChI=1S/C12H13N3O/c16-12(10-2-1-5-13-10)8-3-4-9-11(6-8)15-7-14-9/h1-2,5,7-8,13H,3-4,6H2,(H,14,15). The molecule has 0 aliphatic heterocycles. The quantitative estimate of drug-likeness (QED) is 0.749. The Morgan fingerprint density at radius 3 is 3.19 bits per heavy atom. The molecular weight excluding hydrogens is 202 g/mol. The van der Waals surface area contributed by atoms with Crippen molar-refractivity contribution < 1.29 is 4.79 Å². The van der Waals surface area contributed by atoms with Crippen molar-refractivity contribution in [3.63, 3.8) is 0 Å². The van der Waals surface area contributed by atoms with Crippen LogP contribution >= 0.6 is 0 Å². The zero-order valence-corrected chi connectivity index (χ0v) is 8.86. The Hall–Kier alpha value is -1.84. The van der Waals surface area contributed by atoms with Gasteiger partial charge in [0.05, 0.1) is 17.7 Å². The number of H-pyrrole nitrogens is 2. The van der Waals surface area contributed by atoms with E-state index in [2.05, 4.69) is 15.0 Å². The van der Waals surface area contributed by atoms with E-state index in [-0.39, 0.29) is 11.7 Å². The fraction of sp³-hybridized carbons (Fsp3) is 0.333. The third-order valence-corrected chi connectivity index (χ3v) is 3.22. The Morgan fingerprint density at radius 1 is 1.44 bits per heavy atom. The summed E-state index contributed by atoms with van der Waals surface area (Å²) in [4.78, 5) is 22.5.